The molecule has 2 aliphatic heterocycles. The minimum atomic E-state index is -3.08. The second-order valence-electron chi connectivity index (χ2n) is 7.59. The maximum absolute atomic E-state index is 12.8. The molecule has 0 aliphatic carbocycles. The summed E-state index contributed by atoms with van der Waals surface area (Å²) in [7, 11) is -3.08. The third-order valence-corrected chi connectivity index (χ3v) is 8.22. The number of carbonyl (C=O) groups excluding carboxylic acids is 1. The number of benzene rings is 2. The van der Waals surface area contributed by atoms with Gasteiger partial charge in [0.1, 0.15) is 0 Å². The number of hydrogen-bond acceptors (Lipinski definition) is 4. The van der Waals surface area contributed by atoms with Crippen molar-refractivity contribution in [2.45, 2.75) is 32.1 Å². The second kappa shape index (κ2) is 7.04. The normalized spacial score (nSPS) is 24.5. The first kappa shape index (κ1) is 19.2. The predicted octanol–water partition coefficient (Wildman–Crippen LogP) is 3.53. The molecule has 0 radical (unpaired) electrons. The maximum Gasteiger partial charge on any atom is 0.279 e. The molecule has 2 unspecified atom stereocenters. The van der Waals surface area contributed by atoms with Gasteiger partial charge in [0, 0.05) is 16.5 Å². The van der Waals surface area contributed by atoms with Gasteiger partial charge in [0.25, 0.3) is 5.91 Å². The molecule has 2 fully saturated rings. The molecule has 0 bridgehead atoms. The monoisotopic (exact) mass is 414 g/mol. The average Bonchev–Trinajstić information content (AvgIpc) is 3.04. The number of rotatable bonds is 2. The van der Waals surface area contributed by atoms with Crippen LogP contribution in [0.3, 0.4) is 0 Å². The standard InChI is InChI=1S/C21H22N2O3S2/c1-13-5-4-6-16(8-13)20(24)22-21-23(17-9-14(2)7-15(3)10-17)18-11-28(25,26)12-19(18)27-21/h4-10,18-19H,11-12H2,1-3H3. The van der Waals surface area contributed by atoms with Gasteiger partial charge in [-0.3, -0.25) is 4.79 Å². The molecule has 2 aromatic rings. The summed E-state index contributed by atoms with van der Waals surface area (Å²) in [4.78, 5) is 19.1. The van der Waals surface area contributed by atoms with E-state index in [2.05, 4.69) is 11.1 Å². The van der Waals surface area contributed by atoms with Crippen molar-refractivity contribution in [2.75, 3.05) is 16.4 Å². The molecule has 2 saturated heterocycles. The van der Waals surface area contributed by atoms with Crippen LogP contribution in [0.4, 0.5) is 5.69 Å². The number of sulfone groups is 1. The largest absolute Gasteiger partial charge is 0.316 e. The van der Waals surface area contributed by atoms with Crippen molar-refractivity contribution < 1.29 is 13.2 Å². The minimum Gasteiger partial charge on any atom is -0.316 e. The predicted molar refractivity (Wildman–Crippen MR) is 115 cm³/mol. The third-order valence-electron chi connectivity index (χ3n) is 5.01. The van der Waals surface area contributed by atoms with E-state index in [4.69, 9.17) is 0 Å². The fourth-order valence-electron chi connectivity index (χ4n) is 3.89. The SMILES string of the molecule is Cc1cccc(C(=O)N=C2SC3CS(=O)(=O)CC3N2c2cc(C)cc(C)c2)c1. The van der Waals surface area contributed by atoms with Gasteiger partial charge >= 0.3 is 0 Å². The van der Waals surface area contributed by atoms with Gasteiger partial charge in [0.15, 0.2) is 15.0 Å². The molecule has 146 valence electrons. The lowest BCUT2D eigenvalue weighted by atomic mass is 10.1. The fourth-order valence-corrected chi connectivity index (χ4v) is 7.80. The minimum absolute atomic E-state index is 0.0926. The zero-order chi connectivity index (χ0) is 20.1. The van der Waals surface area contributed by atoms with E-state index in [0.29, 0.717) is 10.7 Å². The number of hydrogen-bond donors (Lipinski definition) is 0. The smallest absolute Gasteiger partial charge is 0.279 e. The number of carbonyl (C=O) groups is 1. The van der Waals surface area contributed by atoms with E-state index in [9.17, 15) is 13.2 Å². The number of aliphatic imine (C=N–C) groups is 1. The summed E-state index contributed by atoms with van der Waals surface area (Å²) in [6, 6.07) is 13.3. The van der Waals surface area contributed by atoms with Crippen molar-refractivity contribution in [3.8, 4) is 0 Å². The highest BCUT2D eigenvalue weighted by molar-refractivity contribution is 8.16. The van der Waals surface area contributed by atoms with Crippen molar-refractivity contribution in [1.29, 1.82) is 0 Å². The zero-order valence-corrected chi connectivity index (χ0v) is 17.7. The van der Waals surface area contributed by atoms with Crippen LogP contribution < -0.4 is 4.90 Å². The molecular weight excluding hydrogens is 392 g/mol. The van der Waals surface area contributed by atoms with Crippen molar-refractivity contribution >= 4 is 38.4 Å². The Labute approximate surface area is 169 Å². The molecule has 1 amide bonds. The van der Waals surface area contributed by atoms with Crippen molar-refractivity contribution in [1.82, 2.24) is 0 Å². The van der Waals surface area contributed by atoms with Gasteiger partial charge < -0.3 is 4.90 Å². The lowest BCUT2D eigenvalue weighted by Gasteiger charge is -2.25. The molecule has 0 N–H and O–H groups in total. The van der Waals surface area contributed by atoms with E-state index in [-0.39, 0.29) is 28.7 Å². The highest BCUT2D eigenvalue weighted by Gasteiger charge is 2.49. The van der Waals surface area contributed by atoms with Crippen LogP contribution in [0, 0.1) is 20.8 Å². The first-order chi connectivity index (χ1) is 13.2. The summed E-state index contributed by atoms with van der Waals surface area (Å²) in [5, 5.41) is 0.483. The lowest BCUT2D eigenvalue weighted by Crippen LogP contribution is -2.37. The summed E-state index contributed by atoms with van der Waals surface area (Å²) in [5.41, 5.74) is 4.62. The Hall–Kier alpha value is -2.12. The van der Waals surface area contributed by atoms with E-state index in [1.54, 1.807) is 6.07 Å². The van der Waals surface area contributed by atoms with Crippen LogP contribution in [0.5, 0.6) is 0 Å². The van der Waals surface area contributed by atoms with Gasteiger partial charge in [0.2, 0.25) is 0 Å². The molecule has 0 saturated carbocycles. The Morgan fingerprint density at radius 2 is 1.75 bits per heavy atom. The van der Waals surface area contributed by atoms with Gasteiger partial charge in [-0.1, -0.05) is 35.5 Å². The molecule has 4 rings (SSSR count). The topological polar surface area (TPSA) is 66.8 Å². The molecule has 2 atom stereocenters. The number of thioether (sulfide) groups is 1. The summed E-state index contributed by atoms with van der Waals surface area (Å²) in [6.07, 6.45) is 0. The highest BCUT2D eigenvalue weighted by atomic mass is 32.2. The Morgan fingerprint density at radius 3 is 2.43 bits per heavy atom. The molecule has 7 heteroatoms. The van der Waals surface area contributed by atoms with Gasteiger partial charge in [-0.2, -0.15) is 4.99 Å². The number of amidine groups is 1. The molecule has 2 aromatic carbocycles. The van der Waals surface area contributed by atoms with Crippen molar-refractivity contribution in [2.24, 2.45) is 4.99 Å². The summed E-state index contributed by atoms with van der Waals surface area (Å²) in [6.45, 7) is 5.96. The third kappa shape index (κ3) is 3.73. The average molecular weight is 415 g/mol. The van der Waals surface area contributed by atoms with Crippen molar-refractivity contribution in [3.63, 3.8) is 0 Å². The van der Waals surface area contributed by atoms with Crippen molar-refractivity contribution in [3.05, 3.63) is 64.7 Å². The Balaban J connectivity index is 1.76. The number of anilines is 1. The molecule has 2 heterocycles. The first-order valence-electron chi connectivity index (χ1n) is 9.16. The summed E-state index contributed by atoms with van der Waals surface area (Å²) in [5.74, 6) is -0.0836. The molecule has 28 heavy (non-hydrogen) atoms. The van der Waals surface area contributed by atoms with E-state index in [1.165, 1.54) is 11.8 Å². The quantitative estimate of drug-likeness (QED) is 0.752. The number of amides is 1. The Morgan fingerprint density at radius 1 is 1.04 bits per heavy atom. The van der Waals surface area contributed by atoms with Gasteiger partial charge in [-0.25, -0.2) is 8.42 Å². The molecule has 5 nitrogen and oxygen atoms in total. The van der Waals surface area contributed by atoms with E-state index >= 15 is 0 Å². The molecule has 2 aliphatic rings. The van der Waals surface area contributed by atoms with Crippen LogP contribution in [-0.2, 0) is 9.84 Å². The van der Waals surface area contributed by atoms with Crippen LogP contribution in [0.15, 0.2) is 47.5 Å². The van der Waals surface area contributed by atoms with Gasteiger partial charge in [-0.15, -0.1) is 0 Å². The van der Waals surface area contributed by atoms with E-state index in [1.807, 2.05) is 56.0 Å². The van der Waals surface area contributed by atoms with Crippen LogP contribution in [-0.4, -0.2) is 42.3 Å². The van der Waals surface area contributed by atoms with Crippen LogP contribution in [0.2, 0.25) is 0 Å². The van der Waals surface area contributed by atoms with Gasteiger partial charge in [-0.05, 0) is 56.2 Å². The number of fused-ring (bicyclic) bond motifs is 1. The zero-order valence-electron chi connectivity index (χ0n) is 16.0. The molecule has 0 aromatic heterocycles. The number of nitrogens with zero attached hydrogens (tertiary/aromatic N) is 2. The van der Waals surface area contributed by atoms with Crippen LogP contribution in [0.1, 0.15) is 27.0 Å². The maximum atomic E-state index is 12.8. The van der Waals surface area contributed by atoms with Gasteiger partial charge in [0.05, 0.1) is 17.5 Å². The number of aryl methyl sites for hydroxylation is 3. The van der Waals surface area contributed by atoms with Crippen LogP contribution in [0.25, 0.3) is 0 Å². The molecule has 0 spiro atoms. The van der Waals surface area contributed by atoms with E-state index < -0.39 is 9.84 Å². The fraction of sp³-hybridized carbons (Fsp3) is 0.333. The van der Waals surface area contributed by atoms with Crippen LogP contribution >= 0.6 is 11.8 Å². The highest BCUT2D eigenvalue weighted by Crippen LogP contribution is 2.41. The lowest BCUT2D eigenvalue weighted by molar-refractivity contribution is 0.100. The first-order valence-corrected chi connectivity index (χ1v) is 11.9. The van der Waals surface area contributed by atoms with E-state index in [0.717, 1.165) is 22.4 Å². The second-order valence-corrected chi connectivity index (χ2v) is 10.9. The summed E-state index contributed by atoms with van der Waals surface area (Å²) < 4.78 is 24.4. The Bertz CT molecular complexity index is 1070. The Kier molecular flexibility index (Phi) is 4.83. The summed E-state index contributed by atoms with van der Waals surface area (Å²) >= 11 is 1.40. The molecular formula is C21H22N2O3S2.